The van der Waals surface area contributed by atoms with Crippen LogP contribution in [0, 0.1) is 0 Å². The lowest BCUT2D eigenvalue weighted by Crippen LogP contribution is -2.52. The zero-order valence-electron chi connectivity index (χ0n) is 12.3. The number of hydrogen-bond donors (Lipinski definition) is 1. The van der Waals surface area contributed by atoms with E-state index in [1.165, 1.54) is 0 Å². The van der Waals surface area contributed by atoms with E-state index in [2.05, 4.69) is 20.4 Å². The molecule has 1 fully saturated rings. The van der Waals surface area contributed by atoms with Gasteiger partial charge in [0.15, 0.2) is 0 Å². The number of nitrogens with zero attached hydrogens (tertiary/aromatic N) is 6. The third-order valence-electron chi connectivity index (χ3n) is 3.96. The SMILES string of the molecule is C[C@H](C(=O)O)N1CCN(c2nnnn2-c2ccccc2)CC1. The highest BCUT2D eigenvalue weighted by molar-refractivity contribution is 5.72. The Morgan fingerprint density at radius 1 is 1.18 bits per heavy atom. The lowest BCUT2D eigenvalue weighted by atomic mass is 10.2. The van der Waals surface area contributed by atoms with E-state index in [4.69, 9.17) is 5.11 Å². The monoisotopic (exact) mass is 302 g/mol. The average molecular weight is 302 g/mol. The fourth-order valence-corrected chi connectivity index (χ4v) is 2.58. The van der Waals surface area contributed by atoms with Gasteiger partial charge in [0.2, 0.25) is 5.95 Å². The smallest absolute Gasteiger partial charge is 0.320 e. The van der Waals surface area contributed by atoms with Gasteiger partial charge in [0.05, 0.1) is 5.69 Å². The number of carbonyl (C=O) groups is 1. The van der Waals surface area contributed by atoms with Crippen LogP contribution in [0.3, 0.4) is 0 Å². The summed E-state index contributed by atoms with van der Waals surface area (Å²) in [4.78, 5) is 15.1. The molecule has 1 aromatic carbocycles. The van der Waals surface area contributed by atoms with Gasteiger partial charge in [0.25, 0.3) is 0 Å². The molecule has 1 atom stereocenters. The number of aromatic nitrogens is 4. The van der Waals surface area contributed by atoms with Gasteiger partial charge in [-0.25, -0.2) is 0 Å². The van der Waals surface area contributed by atoms with Crippen molar-refractivity contribution in [2.75, 3.05) is 31.1 Å². The summed E-state index contributed by atoms with van der Waals surface area (Å²) in [7, 11) is 0. The van der Waals surface area contributed by atoms with Crippen molar-refractivity contribution in [2.45, 2.75) is 13.0 Å². The maximum absolute atomic E-state index is 11.1. The van der Waals surface area contributed by atoms with Crippen molar-refractivity contribution in [3.8, 4) is 5.69 Å². The highest BCUT2D eigenvalue weighted by Crippen LogP contribution is 2.17. The number of hydrogen-bond acceptors (Lipinski definition) is 6. The van der Waals surface area contributed by atoms with Gasteiger partial charge in [0.1, 0.15) is 6.04 Å². The molecule has 8 nitrogen and oxygen atoms in total. The molecular weight excluding hydrogens is 284 g/mol. The molecule has 0 unspecified atom stereocenters. The first-order valence-electron chi connectivity index (χ1n) is 7.22. The van der Waals surface area contributed by atoms with Crippen LogP contribution in [-0.2, 0) is 4.79 Å². The van der Waals surface area contributed by atoms with Crippen LogP contribution in [0.2, 0.25) is 0 Å². The van der Waals surface area contributed by atoms with Gasteiger partial charge < -0.3 is 10.0 Å². The second-order valence-corrected chi connectivity index (χ2v) is 5.26. The van der Waals surface area contributed by atoms with Crippen LogP contribution in [0.1, 0.15) is 6.92 Å². The molecule has 1 N–H and O–H groups in total. The first-order chi connectivity index (χ1) is 10.7. The third kappa shape index (κ3) is 2.77. The van der Waals surface area contributed by atoms with Crippen LogP contribution in [0.5, 0.6) is 0 Å². The minimum absolute atomic E-state index is 0.465. The molecule has 1 aromatic heterocycles. The van der Waals surface area contributed by atoms with E-state index in [1.54, 1.807) is 11.6 Å². The van der Waals surface area contributed by atoms with E-state index in [1.807, 2.05) is 35.2 Å². The van der Waals surface area contributed by atoms with Crippen molar-refractivity contribution in [3.63, 3.8) is 0 Å². The summed E-state index contributed by atoms with van der Waals surface area (Å²) in [5, 5.41) is 21.0. The van der Waals surface area contributed by atoms with E-state index < -0.39 is 12.0 Å². The van der Waals surface area contributed by atoms with Crippen molar-refractivity contribution < 1.29 is 9.90 Å². The van der Waals surface area contributed by atoms with Crippen LogP contribution in [0.15, 0.2) is 30.3 Å². The van der Waals surface area contributed by atoms with Gasteiger partial charge in [-0.3, -0.25) is 9.69 Å². The van der Waals surface area contributed by atoms with Gasteiger partial charge >= 0.3 is 5.97 Å². The fraction of sp³-hybridized carbons (Fsp3) is 0.429. The number of carboxylic acid groups (broad SMARTS) is 1. The number of piperazine rings is 1. The molecule has 0 bridgehead atoms. The lowest BCUT2D eigenvalue weighted by Gasteiger charge is -2.36. The molecule has 0 radical (unpaired) electrons. The Kier molecular flexibility index (Phi) is 4.01. The van der Waals surface area contributed by atoms with Gasteiger partial charge in [0, 0.05) is 26.2 Å². The second-order valence-electron chi connectivity index (χ2n) is 5.26. The van der Waals surface area contributed by atoms with E-state index in [9.17, 15) is 4.79 Å². The zero-order valence-corrected chi connectivity index (χ0v) is 12.3. The molecular formula is C14H18N6O2. The molecule has 1 saturated heterocycles. The lowest BCUT2D eigenvalue weighted by molar-refractivity contribution is -0.142. The molecule has 8 heteroatoms. The van der Waals surface area contributed by atoms with Crippen molar-refractivity contribution in [2.24, 2.45) is 0 Å². The first kappa shape index (κ1) is 14.5. The minimum Gasteiger partial charge on any atom is -0.480 e. The molecule has 2 heterocycles. The highest BCUT2D eigenvalue weighted by Gasteiger charge is 2.27. The maximum Gasteiger partial charge on any atom is 0.320 e. The summed E-state index contributed by atoms with van der Waals surface area (Å²) in [5.41, 5.74) is 0.906. The summed E-state index contributed by atoms with van der Waals surface area (Å²) in [5.74, 6) is -0.101. The predicted octanol–water partition coefficient (Wildman–Crippen LogP) is 0.257. The van der Waals surface area contributed by atoms with Gasteiger partial charge in [-0.1, -0.05) is 23.3 Å². The highest BCUT2D eigenvalue weighted by atomic mass is 16.4. The van der Waals surface area contributed by atoms with E-state index in [-0.39, 0.29) is 0 Å². The van der Waals surface area contributed by atoms with Gasteiger partial charge in [-0.2, -0.15) is 4.68 Å². The Morgan fingerprint density at radius 2 is 1.86 bits per heavy atom. The van der Waals surface area contributed by atoms with Crippen molar-refractivity contribution in [1.29, 1.82) is 0 Å². The molecule has 0 saturated carbocycles. The Morgan fingerprint density at radius 3 is 2.50 bits per heavy atom. The van der Waals surface area contributed by atoms with Crippen LogP contribution in [0.4, 0.5) is 5.95 Å². The third-order valence-corrected chi connectivity index (χ3v) is 3.96. The van der Waals surface area contributed by atoms with Crippen LogP contribution in [-0.4, -0.2) is 68.4 Å². The zero-order chi connectivity index (χ0) is 15.5. The standard InChI is InChI=1S/C14H18N6O2/c1-11(13(21)22)18-7-9-19(10-8-18)14-15-16-17-20(14)12-5-3-2-4-6-12/h2-6,11H,7-10H2,1H3,(H,21,22)/t11-/m1/s1. The molecule has 0 amide bonds. The Labute approximate surface area is 127 Å². The Balaban J connectivity index is 1.73. The van der Waals surface area contributed by atoms with Crippen LogP contribution < -0.4 is 4.90 Å². The molecule has 22 heavy (non-hydrogen) atoms. The normalized spacial score (nSPS) is 17.4. The number of anilines is 1. The minimum atomic E-state index is -0.789. The second kappa shape index (κ2) is 6.10. The number of benzene rings is 1. The van der Waals surface area contributed by atoms with Crippen LogP contribution in [0.25, 0.3) is 5.69 Å². The van der Waals surface area contributed by atoms with E-state index in [0.29, 0.717) is 32.1 Å². The maximum atomic E-state index is 11.1. The number of tetrazole rings is 1. The van der Waals surface area contributed by atoms with Crippen molar-refractivity contribution >= 4 is 11.9 Å². The molecule has 2 aromatic rings. The number of rotatable bonds is 4. The number of aliphatic carboxylic acids is 1. The average Bonchev–Trinajstić information content (AvgIpc) is 3.04. The van der Waals surface area contributed by atoms with E-state index in [0.717, 1.165) is 5.69 Å². The summed E-state index contributed by atoms with van der Waals surface area (Å²) in [6.07, 6.45) is 0. The number of carboxylic acids is 1. The van der Waals surface area contributed by atoms with Gasteiger partial charge in [-0.05, 0) is 29.5 Å². The summed E-state index contributed by atoms with van der Waals surface area (Å²) < 4.78 is 1.70. The molecule has 0 aliphatic carbocycles. The Bertz CT molecular complexity index is 636. The van der Waals surface area contributed by atoms with Gasteiger partial charge in [-0.15, -0.1) is 0 Å². The predicted molar refractivity (Wildman–Crippen MR) is 80.0 cm³/mol. The molecule has 0 spiro atoms. The number of para-hydroxylation sites is 1. The Hall–Kier alpha value is -2.48. The van der Waals surface area contributed by atoms with Crippen molar-refractivity contribution in [1.82, 2.24) is 25.1 Å². The fourth-order valence-electron chi connectivity index (χ4n) is 2.58. The molecule has 116 valence electrons. The summed E-state index contributed by atoms with van der Waals surface area (Å²) >= 11 is 0. The first-order valence-corrected chi connectivity index (χ1v) is 7.22. The molecule has 3 rings (SSSR count). The molecule has 1 aliphatic heterocycles. The van der Waals surface area contributed by atoms with E-state index >= 15 is 0 Å². The van der Waals surface area contributed by atoms with Crippen molar-refractivity contribution in [3.05, 3.63) is 30.3 Å². The molecule has 1 aliphatic rings. The topological polar surface area (TPSA) is 87.4 Å². The summed E-state index contributed by atoms with van der Waals surface area (Å²) in [6, 6.07) is 9.25. The summed E-state index contributed by atoms with van der Waals surface area (Å²) in [6.45, 7) is 4.46. The quantitative estimate of drug-likeness (QED) is 0.866. The van der Waals surface area contributed by atoms with Crippen LogP contribution >= 0.6 is 0 Å². The largest absolute Gasteiger partial charge is 0.480 e.